The molecular formula is C13H13N3S. The van der Waals surface area contributed by atoms with Crippen molar-refractivity contribution in [2.75, 3.05) is 5.32 Å². The maximum atomic E-state index is 8.76. The highest BCUT2D eigenvalue weighted by Gasteiger charge is 2.05. The average molecular weight is 243 g/mol. The number of aromatic nitrogens is 1. The first-order chi connectivity index (χ1) is 8.28. The monoisotopic (exact) mass is 243 g/mol. The third kappa shape index (κ3) is 3.30. The van der Waals surface area contributed by atoms with Crippen LogP contribution in [-0.2, 0) is 6.42 Å². The highest BCUT2D eigenvalue weighted by molar-refractivity contribution is 7.09. The van der Waals surface area contributed by atoms with Gasteiger partial charge in [0.05, 0.1) is 0 Å². The fourth-order valence-corrected chi connectivity index (χ4v) is 2.45. The van der Waals surface area contributed by atoms with E-state index in [0.717, 1.165) is 12.2 Å². The van der Waals surface area contributed by atoms with Gasteiger partial charge in [-0.2, -0.15) is 5.26 Å². The number of anilines is 1. The van der Waals surface area contributed by atoms with Crippen LogP contribution in [0.5, 0.6) is 0 Å². The second-order valence-electron chi connectivity index (χ2n) is 3.85. The van der Waals surface area contributed by atoms with E-state index in [-0.39, 0.29) is 0 Å². The molecule has 2 rings (SSSR count). The SMILES string of the molecule is CC(Cc1cccs1)Nc1cccc(C#N)n1. The summed E-state index contributed by atoms with van der Waals surface area (Å²) in [4.78, 5) is 5.54. The Morgan fingerprint density at radius 1 is 1.41 bits per heavy atom. The highest BCUT2D eigenvalue weighted by atomic mass is 32.1. The first-order valence-electron chi connectivity index (χ1n) is 5.44. The van der Waals surface area contributed by atoms with E-state index in [9.17, 15) is 0 Å². The molecule has 0 radical (unpaired) electrons. The summed E-state index contributed by atoms with van der Waals surface area (Å²) in [6.45, 7) is 2.11. The molecule has 0 bridgehead atoms. The highest BCUT2D eigenvalue weighted by Crippen LogP contribution is 2.13. The molecule has 86 valence electrons. The molecule has 2 aromatic rings. The molecule has 4 heteroatoms. The summed E-state index contributed by atoms with van der Waals surface area (Å²) in [5.74, 6) is 0.758. The second-order valence-corrected chi connectivity index (χ2v) is 4.88. The van der Waals surface area contributed by atoms with Crippen molar-refractivity contribution in [2.24, 2.45) is 0 Å². The van der Waals surface area contributed by atoms with Crippen molar-refractivity contribution in [2.45, 2.75) is 19.4 Å². The Morgan fingerprint density at radius 2 is 2.29 bits per heavy atom. The van der Waals surface area contributed by atoms with Crippen LogP contribution in [0.2, 0.25) is 0 Å². The van der Waals surface area contributed by atoms with E-state index in [4.69, 9.17) is 5.26 Å². The number of thiophene rings is 1. The van der Waals surface area contributed by atoms with Crippen LogP contribution in [0.1, 0.15) is 17.5 Å². The average Bonchev–Trinajstić information content (AvgIpc) is 2.82. The Hall–Kier alpha value is -1.86. The van der Waals surface area contributed by atoms with Gasteiger partial charge in [0.15, 0.2) is 0 Å². The summed E-state index contributed by atoms with van der Waals surface area (Å²) < 4.78 is 0. The molecule has 3 nitrogen and oxygen atoms in total. The van der Waals surface area contributed by atoms with Gasteiger partial charge in [-0.25, -0.2) is 4.98 Å². The van der Waals surface area contributed by atoms with Gasteiger partial charge in [-0.1, -0.05) is 12.1 Å². The van der Waals surface area contributed by atoms with Crippen LogP contribution in [0.25, 0.3) is 0 Å². The zero-order valence-corrected chi connectivity index (χ0v) is 10.4. The largest absolute Gasteiger partial charge is 0.367 e. The van der Waals surface area contributed by atoms with Crippen molar-refractivity contribution in [3.05, 3.63) is 46.3 Å². The van der Waals surface area contributed by atoms with E-state index in [2.05, 4.69) is 34.7 Å². The molecule has 0 aliphatic rings. The minimum Gasteiger partial charge on any atom is -0.367 e. The number of pyridine rings is 1. The molecule has 0 amide bonds. The molecule has 2 heterocycles. The predicted molar refractivity (Wildman–Crippen MR) is 70.1 cm³/mol. The Labute approximate surface area is 105 Å². The van der Waals surface area contributed by atoms with Gasteiger partial charge in [0.1, 0.15) is 17.6 Å². The van der Waals surface area contributed by atoms with E-state index in [1.54, 1.807) is 17.4 Å². The Balaban J connectivity index is 1.98. The van der Waals surface area contributed by atoms with E-state index < -0.39 is 0 Å². The van der Waals surface area contributed by atoms with Crippen LogP contribution in [0.15, 0.2) is 35.7 Å². The number of hydrogen-bond donors (Lipinski definition) is 1. The van der Waals surface area contributed by atoms with Gasteiger partial charge in [-0.05, 0) is 30.5 Å². The maximum absolute atomic E-state index is 8.76. The van der Waals surface area contributed by atoms with E-state index >= 15 is 0 Å². The first kappa shape index (κ1) is 11.6. The number of nitrogens with zero attached hydrogens (tertiary/aromatic N) is 2. The fourth-order valence-electron chi connectivity index (χ4n) is 1.61. The Bertz CT molecular complexity index is 514. The van der Waals surface area contributed by atoms with Crippen LogP contribution in [0.4, 0.5) is 5.82 Å². The normalized spacial score (nSPS) is 11.8. The first-order valence-corrected chi connectivity index (χ1v) is 6.32. The van der Waals surface area contributed by atoms with Crippen LogP contribution < -0.4 is 5.32 Å². The summed E-state index contributed by atoms with van der Waals surface area (Å²) in [5, 5.41) is 14.1. The topological polar surface area (TPSA) is 48.7 Å². The molecule has 0 saturated carbocycles. The quantitative estimate of drug-likeness (QED) is 0.897. The molecule has 1 N–H and O–H groups in total. The van der Waals surface area contributed by atoms with Crippen LogP contribution in [0, 0.1) is 11.3 Å². The van der Waals surface area contributed by atoms with E-state index in [0.29, 0.717) is 11.7 Å². The van der Waals surface area contributed by atoms with Crippen molar-refractivity contribution in [1.82, 2.24) is 4.98 Å². The number of hydrogen-bond acceptors (Lipinski definition) is 4. The Kier molecular flexibility index (Phi) is 3.73. The molecule has 0 aliphatic heterocycles. The lowest BCUT2D eigenvalue weighted by atomic mass is 10.2. The molecule has 1 unspecified atom stereocenters. The third-order valence-corrected chi connectivity index (χ3v) is 3.24. The molecule has 0 aromatic carbocycles. The molecular weight excluding hydrogens is 230 g/mol. The van der Waals surface area contributed by atoms with Crippen LogP contribution >= 0.6 is 11.3 Å². The van der Waals surface area contributed by atoms with Gasteiger partial charge >= 0.3 is 0 Å². The van der Waals surface area contributed by atoms with Gasteiger partial charge in [-0.15, -0.1) is 11.3 Å². The summed E-state index contributed by atoms with van der Waals surface area (Å²) >= 11 is 1.76. The van der Waals surface area contributed by atoms with Crippen molar-refractivity contribution < 1.29 is 0 Å². The molecule has 0 spiro atoms. The summed E-state index contributed by atoms with van der Waals surface area (Å²) in [6, 6.07) is 11.9. The smallest absolute Gasteiger partial charge is 0.142 e. The van der Waals surface area contributed by atoms with E-state index in [1.807, 2.05) is 18.2 Å². The Morgan fingerprint density at radius 3 is 3.00 bits per heavy atom. The lowest BCUT2D eigenvalue weighted by Gasteiger charge is -2.13. The predicted octanol–water partition coefficient (Wildman–Crippen LogP) is 3.06. The lowest BCUT2D eigenvalue weighted by molar-refractivity contribution is 0.794. The zero-order chi connectivity index (χ0) is 12.1. The summed E-state index contributed by atoms with van der Waals surface area (Å²) in [5.41, 5.74) is 0.443. The molecule has 1 atom stereocenters. The van der Waals surface area contributed by atoms with Crippen molar-refractivity contribution in [3.8, 4) is 6.07 Å². The second kappa shape index (κ2) is 5.46. The minimum atomic E-state index is 0.301. The number of rotatable bonds is 4. The molecule has 0 saturated heterocycles. The molecule has 2 aromatic heterocycles. The van der Waals surface area contributed by atoms with Gasteiger partial charge in [0.2, 0.25) is 0 Å². The number of nitriles is 1. The zero-order valence-electron chi connectivity index (χ0n) is 9.55. The van der Waals surface area contributed by atoms with Gasteiger partial charge in [-0.3, -0.25) is 0 Å². The van der Waals surface area contributed by atoms with Crippen molar-refractivity contribution in [3.63, 3.8) is 0 Å². The summed E-state index contributed by atoms with van der Waals surface area (Å²) in [7, 11) is 0. The van der Waals surface area contributed by atoms with Crippen LogP contribution in [0.3, 0.4) is 0 Å². The molecule has 0 aliphatic carbocycles. The van der Waals surface area contributed by atoms with Gasteiger partial charge in [0, 0.05) is 17.3 Å². The van der Waals surface area contributed by atoms with Crippen molar-refractivity contribution >= 4 is 17.2 Å². The number of nitrogens with one attached hydrogen (secondary N) is 1. The standard InChI is InChI=1S/C13H13N3S/c1-10(8-12-5-3-7-17-12)15-13-6-2-4-11(9-14)16-13/h2-7,10H,8H2,1H3,(H,15,16). The van der Waals surface area contributed by atoms with E-state index in [1.165, 1.54) is 4.88 Å². The molecule has 17 heavy (non-hydrogen) atoms. The maximum Gasteiger partial charge on any atom is 0.142 e. The minimum absolute atomic E-state index is 0.301. The summed E-state index contributed by atoms with van der Waals surface area (Å²) in [6.07, 6.45) is 0.968. The fraction of sp³-hybridized carbons (Fsp3) is 0.231. The van der Waals surface area contributed by atoms with Gasteiger partial charge < -0.3 is 5.32 Å². The third-order valence-electron chi connectivity index (χ3n) is 2.35. The van der Waals surface area contributed by atoms with Crippen molar-refractivity contribution in [1.29, 1.82) is 5.26 Å². The lowest BCUT2D eigenvalue weighted by Crippen LogP contribution is -2.18. The van der Waals surface area contributed by atoms with Crippen LogP contribution in [-0.4, -0.2) is 11.0 Å². The molecule has 0 fully saturated rings. The van der Waals surface area contributed by atoms with Gasteiger partial charge in [0.25, 0.3) is 0 Å².